The number of ether oxygens (including phenoxy) is 1. The van der Waals surface area contributed by atoms with E-state index in [-0.39, 0.29) is 5.91 Å². The van der Waals surface area contributed by atoms with Crippen molar-refractivity contribution in [1.29, 1.82) is 5.26 Å². The topological polar surface area (TPSA) is 62.1 Å². The number of nitrogens with zero attached hydrogens (tertiary/aromatic N) is 1. The van der Waals surface area contributed by atoms with Crippen LogP contribution in [0.2, 0.25) is 0 Å². The number of amides is 1. The molecule has 0 heterocycles. The van der Waals surface area contributed by atoms with E-state index in [0.29, 0.717) is 17.0 Å². The molecule has 1 atom stereocenters. The Hall–Kier alpha value is -2.32. The lowest BCUT2D eigenvalue weighted by molar-refractivity contribution is -0.122. The molecular formula is C16H13BrN2O2. The second kappa shape index (κ2) is 6.91. The lowest BCUT2D eigenvalue weighted by atomic mass is 10.2. The molecule has 0 spiro atoms. The van der Waals surface area contributed by atoms with Crippen LogP contribution in [0.15, 0.2) is 53.0 Å². The van der Waals surface area contributed by atoms with Crippen LogP contribution in [0.3, 0.4) is 0 Å². The third-order valence-electron chi connectivity index (χ3n) is 2.79. The summed E-state index contributed by atoms with van der Waals surface area (Å²) in [5.41, 5.74) is 1.09. The van der Waals surface area contributed by atoms with E-state index in [2.05, 4.69) is 21.2 Å². The number of anilines is 1. The molecule has 0 bridgehead atoms. The fourth-order valence-corrected chi connectivity index (χ4v) is 1.95. The standard InChI is InChI=1S/C16H13BrN2O2/c1-11(21-15-5-3-2-4-12(15)10-18)16(20)19-14-8-6-13(17)7-9-14/h2-9,11H,1H3,(H,19,20)/t11-/m0/s1. The maximum atomic E-state index is 12.1. The van der Waals surface area contributed by atoms with E-state index in [4.69, 9.17) is 10.00 Å². The molecule has 0 aliphatic carbocycles. The predicted molar refractivity (Wildman–Crippen MR) is 84.0 cm³/mol. The summed E-state index contributed by atoms with van der Waals surface area (Å²) in [4.78, 5) is 12.1. The first-order chi connectivity index (χ1) is 10.1. The molecule has 0 aliphatic rings. The summed E-state index contributed by atoms with van der Waals surface area (Å²) in [5.74, 6) is 0.128. The van der Waals surface area contributed by atoms with Gasteiger partial charge in [0, 0.05) is 10.2 Å². The summed E-state index contributed by atoms with van der Waals surface area (Å²) >= 11 is 3.33. The predicted octanol–water partition coefficient (Wildman–Crippen LogP) is 3.73. The summed E-state index contributed by atoms with van der Waals surface area (Å²) in [7, 11) is 0. The molecule has 2 aromatic rings. The molecule has 106 valence electrons. The third kappa shape index (κ3) is 4.07. The monoisotopic (exact) mass is 344 g/mol. The van der Waals surface area contributed by atoms with Gasteiger partial charge in [-0.15, -0.1) is 0 Å². The second-order valence-corrected chi connectivity index (χ2v) is 5.28. The molecule has 2 aromatic carbocycles. The van der Waals surface area contributed by atoms with Crippen molar-refractivity contribution < 1.29 is 9.53 Å². The van der Waals surface area contributed by atoms with E-state index in [1.54, 1.807) is 43.3 Å². The minimum absolute atomic E-state index is 0.273. The van der Waals surface area contributed by atoms with Gasteiger partial charge in [-0.3, -0.25) is 4.79 Å². The van der Waals surface area contributed by atoms with E-state index in [9.17, 15) is 4.79 Å². The number of para-hydroxylation sites is 1. The molecule has 1 N–H and O–H groups in total. The van der Waals surface area contributed by atoms with Gasteiger partial charge < -0.3 is 10.1 Å². The van der Waals surface area contributed by atoms with Crippen molar-refractivity contribution >= 4 is 27.5 Å². The first kappa shape index (κ1) is 15.1. The van der Waals surface area contributed by atoms with Gasteiger partial charge in [0.15, 0.2) is 6.10 Å². The summed E-state index contributed by atoms with van der Waals surface area (Å²) < 4.78 is 6.49. The first-order valence-electron chi connectivity index (χ1n) is 6.32. The number of halogens is 1. The minimum Gasteiger partial charge on any atom is -0.480 e. The van der Waals surface area contributed by atoms with Crippen molar-refractivity contribution in [2.24, 2.45) is 0 Å². The van der Waals surface area contributed by atoms with Crippen molar-refractivity contribution in [3.63, 3.8) is 0 Å². The Kier molecular flexibility index (Phi) is 4.96. The van der Waals surface area contributed by atoms with Gasteiger partial charge in [-0.2, -0.15) is 5.26 Å². The van der Waals surface area contributed by atoms with Gasteiger partial charge in [0.05, 0.1) is 5.56 Å². The maximum absolute atomic E-state index is 12.1. The highest BCUT2D eigenvalue weighted by atomic mass is 79.9. The number of hydrogen-bond donors (Lipinski definition) is 1. The molecule has 21 heavy (non-hydrogen) atoms. The van der Waals surface area contributed by atoms with Gasteiger partial charge >= 0.3 is 0 Å². The summed E-state index contributed by atoms with van der Waals surface area (Å²) in [6, 6.07) is 16.1. The fraction of sp³-hybridized carbons (Fsp3) is 0.125. The van der Waals surface area contributed by atoms with Gasteiger partial charge in [-0.25, -0.2) is 0 Å². The Bertz CT molecular complexity index is 677. The Morgan fingerprint density at radius 3 is 2.57 bits per heavy atom. The van der Waals surface area contributed by atoms with Crippen molar-refractivity contribution in [1.82, 2.24) is 0 Å². The van der Waals surface area contributed by atoms with Gasteiger partial charge in [0.25, 0.3) is 5.91 Å². The average Bonchev–Trinajstić information content (AvgIpc) is 2.50. The molecule has 1 amide bonds. The number of nitriles is 1. The molecule has 5 heteroatoms. The van der Waals surface area contributed by atoms with Crippen LogP contribution >= 0.6 is 15.9 Å². The van der Waals surface area contributed by atoms with Crippen molar-refractivity contribution in [3.05, 3.63) is 58.6 Å². The smallest absolute Gasteiger partial charge is 0.265 e. The Morgan fingerprint density at radius 2 is 1.90 bits per heavy atom. The quantitative estimate of drug-likeness (QED) is 0.919. The number of carbonyl (C=O) groups excluding carboxylic acids is 1. The SMILES string of the molecule is C[C@H](Oc1ccccc1C#N)C(=O)Nc1ccc(Br)cc1. The highest BCUT2D eigenvalue weighted by molar-refractivity contribution is 9.10. The molecule has 0 unspecified atom stereocenters. The molecule has 0 radical (unpaired) electrons. The van der Waals surface area contributed by atoms with E-state index in [0.717, 1.165) is 4.47 Å². The first-order valence-corrected chi connectivity index (χ1v) is 7.11. The maximum Gasteiger partial charge on any atom is 0.265 e. The van der Waals surface area contributed by atoms with Crippen LogP contribution in [0.1, 0.15) is 12.5 Å². The Labute approximate surface area is 131 Å². The number of nitrogens with one attached hydrogen (secondary N) is 1. The Morgan fingerprint density at radius 1 is 1.24 bits per heavy atom. The molecule has 0 fully saturated rings. The van der Waals surface area contributed by atoms with Crippen LogP contribution in [0.25, 0.3) is 0 Å². The zero-order valence-corrected chi connectivity index (χ0v) is 12.9. The molecule has 0 saturated carbocycles. The lowest BCUT2D eigenvalue weighted by Crippen LogP contribution is -2.30. The summed E-state index contributed by atoms with van der Waals surface area (Å²) in [6.45, 7) is 1.64. The molecule has 0 saturated heterocycles. The third-order valence-corrected chi connectivity index (χ3v) is 3.32. The highest BCUT2D eigenvalue weighted by Crippen LogP contribution is 2.19. The van der Waals surface area contributed by atoms with Gasteiger partial charge in [0.2, 0.25) is 0 Å². The fourth-order valence-electron chi connectivity index (χ4n) is 1.68. The van der Waals surface area contributed by atoms with Gasteiger partial charge in [-0.05, 0) is 43.3 Å². The largest absolute Gasteiger partial charge is 0.480 e. The van der Waals surface area contributed by atoms with Crippen LogP contribution in [-0.4, -0.2) is 12.0 Å². The summed E-state index contributed by atoms with van der Waals surface area (Å²) in [6.07, 6.45) is -0.705. The van der Waals surface area contributed by atoms with Crippen LogP contribution in [0.4, 0.5) is 5.69 Å². The van der Waals surface area contributed by atoms with Gasteiger partial charge in [-0.1, -0.05) is 28.1 Å². The van der Waals surface area contributed by atoms with Crippen LogP contribution < -0.4 is 10.1 Å². The molecule has 2 rings (SSSR count). The zero-order chi connectivity index (χ0) is 15.2. The number of rotatable bonds is 4. The second-order valence-electron chi connectivity index (χ2n) is 4.36. The van der Waals surface area contributed by atoms with E-state index in [1.807, 2.05) is 18.2 Å². The minimum atomic E-state index is -0.705. The number of benzene rings is 2. The zero-order valence-electron chi connectivity index (χ0n) is 11.3. The van der Waals surface area contributed by atoms with Crippen LogP contribution in [0, 0.1) is 11.3 Å². The average molecular weight is 345 g/mol. The molecule has 0 aliphatic heterocycles. The van der Waals surface area contributed by atoms with E-state index in [1.165, 1.54) is 0 Å². The van der Waals surface area contributed by atoms with Crippen molar-refractivity contribution in [2.45, 2.75) is 13.0 Å². The molecular weight excluding hydrogens is 332 g/mol. The van der Waals surface area contributed by atoms with Crippen molar-refractivity contribution in [3.8, 4) is 11.8 Å². The molecule has 4 nitrogen and oxygen atoms in total. The highest BCUT2D eigenvalue weighted by Gasteiger charge is 2.16. The summed E-state index contributed by atoms with van der Waals surface area (Å²) in [5, 5.41) is 11.8. The van der Waals surface area contributed by atoms with E-state index >= 15 is 0 Å². The normalized spacial score (nSPS) is 11.3. The van der Waals surface area contributed by atoms with Crippen molar-refractivity contribution in [2.75, 3.05) is 5.32 Å². The number of hydrogen-bond acceptors (Lipinski definition) is 3. The number of carbonyl (C=O) groups is 1. The van der Waals surface area contributed by atoms with Crippen LogP contribution in [-0.2, 0) is 4.79 Å². The lowest BCUT2D eigenvalue weighted by Gasteiger charge is -2.15. The van der Waals surface area contributed by atoms with Crippen LogP contribution in [0.5, 0.6) is 5.75 Å². The van der Waals surface area contributed by atoms with E-state index < -0.39 is 6.10 Å². The van der Waals surface area contributed by atoms with Gasteiger partial charge in [0.1, 0.15) is 11.8 Å². The molecule has 0 aromatic heterocycles. The Balaban J connectivity index is 2.03.